The van der Waals surface area contributed by atoms with E-state index in [0.717, 1.165) is 6.42 Å². The van der Waals surface area contributed by atoms with Gasteiger partial charge in [0, 0.05) is 5.56 Å². The third-order valence-electron chi connectivity index (χ3n) is 7.90. The summed E-state index contributed by atoms with van der Waals surface area (Å²) in [4.78, 5) is 12.9. The lowest BCUT2D eigenvalue weighted by molar-refractivity contribution is -0.289. The van der Waals surface area contributed by atoms with E-state index in [1.807, 2.05) is 0 Å². The highest BCUT2D eigenvalue weighted by molar-refractivity contribution is 6.00. The summed E-state index contributed by atoms with van der Waals surface area (Å²) in [5.41, 5.74) is -1.33. The van der Waals surface area contributed by atoms with Gasteiger partial charge in [-0.3, -0.25) is 4.79 Å². The molecule has 0 unspecified atom stereocenters. The van der Waals surface area contributed by atoms with Crippen LogP contribution in [0.25, 0.3) is 0 Å². The summed E-state index contributed by atoms with van der Waals surface area (Å²) in [6, 6.07) is 8.36. The van der Waals surface area contributed by atoms with E-state index >= 15 is 0 Å². The van der Waals surface area contributed by atoms with Crippen LogP contribution in [0.5, 0.6) is 17.2 Å². The van der Waals surface area contributed by atoms with Crippen molar-refractivity contribution in [2.45, 2.75) is 44.5 Å². The Bertz CT molecular complexity index is 1090. The molecular weight excluding hydrogens is 429 g/mol. The number of aromatic hydroxyl groups is 1. The van der Waals surface area contributed by atoms with E-state index < -0.39 is 23.7 Å². The normalized spacial score (nSPS) is 30.8. The molecule has 0 radical (unpaired) electrons. The van der Waals surface area contributed by atoms with Gasteiger partial charge in [0.1, 0.15) is 53.0 Å². The van der Waals surface area contributed by atoms with Gasteiger partial charge in [-0.1, -0.05) is 13.8 Å². The van der Waals surface area contributed by atoms with Gasteiger partial charge in [-0.25, -0.2) is 4.39 Å². The van der Waals surface area contributed by atoms with Gasteiger partial charge in [0.2, 0.25) is 0 Å². The van der Waals surface area contributed by atoms with E-state index in [9.17, 15) is 24.5 Å². The van der Waals surface area contributed by atoms with Crippen LogP contribution in [0, 0.1) is 23.1 Å². The first-order chi connectivity index (χ1) is 15.6. The van der Waals surface area contributed by atoms with Gasteiger partial charge in [0.05, 0.1) is 6.54 Å². The third kappa shape index (κ3) is 3.27. The molecule has 5 atom stereocenters. The van der Waals surface area contributed by atoms with Crippen molar-refractivity contribution in [2.24, 2.45) is 17.3 Å². The zero-order valence-corrected chi connectivity index (χ0v) is 18.5. The van der Waals surface area contributed by atoms with Crippen molar-refractivity contribution in [1.29, 1.82) is 0 Å². The Kier molecular flexibility index (Phi) is 5.06. The molecule has 3 fully saturated rings. The van der Waals surface area contributed by atoms with Crippen LogP contribution in [0.2, 0.25) is 0 Å². The standard InChI is InChI=1S/C25H28FNO6/c1-24(2)13-11-18(24)25(31)19(12-13)33-21-16(22(25)29)7-8-17(28)20(21)23(30)27-9-10-32-15-5-3-14(26)4-6-15/h3-8,13,18-19,22,28-29,31H,9-12H2,1-2H3,(H,27,30)/t13-,18-,19-,22+,25-/m1/s1. The monoisotopic (exact) mass is 457 g/mol. The smallest absolute Gasteiger partial charge is 0.258 e. The van der Waals surface area contributed by atoms with Crippen LogP contribution in [0.3, 0.4) is 0 Å². The van der Waals surface area contributed by atoms with Crippen molar-refractivity contribution in [3.8, 4) is 17.2 Å². The molecule has 33 heavy (non-hydrogen) atoms. The number of carbonyl (C=O) groups is 1. The molecule has 0 aromatic heterocycles. The van der Waals surface area contributed by atoms with Gasteiger partial charge in [-0.2, -0.15) is 0 Å². The van der Waals surface area contributed by atoms with E-state index in [1.165, 1.54) is 36.4 Å². The molecule has 2 aromatic rings. The Hall–Kier alpha value is -2.84. The summed E-state index contributed by atoms with van der Waals surface area (Å²) in [7, 11) is 0. The Morgan fingerprint density at radius 2 is 1.94 bits per heavy atom. The Balaban J connectivity index is 1.34. The molecule has 1 amide bonds. The minimum absolute atomic E-state index is 0.0751. The number of phenols is 1. The highest BCUT2D eigenvalue weighted by Crippen LogP contribution is 2.67. The minimum Gasteiger partial charge on any atom is -0.507 e. The number of benzene rings is 2. The van der Waals surface area contributed by atoms with Crippen LogP contribution in [0.15, 0.2) is 36.4 Å². The number of carbonyl (C=O) groups excluding carboxylic acids is 1. The number of aliphatic hydroxyl groups excluding tert-OH is 1. The molecule has 4 aliphatic rings. The Morgan fingerprint density at radius 1 is 1.21 bits per heavy atom. The highest BCUT2D eigenvalue weighted by Gasteiger charge is 2.69. The molecular formula is C25H28FNO6. The molecule has 176 valence electrons. The van der Waals surface area contributed by atoms with Gasteiger partial charge in [-0.05, 0) is 66.5 Å². The van der Waals surface area contributed by atoms with Gasteiger partial charge >= 0.3 is 0 Å². The molecule has 2 bridgehead atoms. The lowest BCUT2D eigenvalue weighted by atomic mass is 9.42. The second-order valence-corrected chi connectivity index (χ2v) is 9.87. The fourth-order valence-electron chi connectivity index (χ4n) is 5.88. The van der Waals surface area contributed by atoms with Crippen LogP contribution in [0.1, 0.15) is 48.7 Å². The van der Waals surface area contributed by atoms with Crippen molar-refractivity contribution >= 4 is 5.91 Å². The molecule has 1 heterocycles. The van der Waals surface area contributed by atoms with Crippen molar-refractivity contribution < 1.29 is 34.0 Å². The van der Waals surface area contributed by atoms with Crippen LogP contribution in [0.4, 0.5) is 4.39 Å². The van der Waals surface area contributed by atoms with Crippen molar-refractivity contribution in [1.82, 2.24) is 5.32 Å². The molecule has 3 saturated carbocycles. The molecule has 1 aliphatic heterocycles. The molecule has 0 saturated heterocycles. The van der Waals surface area contributed by atoms with E-state index in [2.05, 4.69) is 19.2 Å². The molecule has 4 N–H and O–H groups in total. The average molecular weight is 457 g/mol. The molecule has 6 rings (SSSR count). The lowest BCUT2D eigenvalue weighted by Gasteiger charge is -2.67. The predicted molar refractivity (Wildman–Crippen MR) is 117 cm³/mol. The maximum atomic E-state index is 13.0. The first-order valence-electron chi connectivity index (χ1n) is 11.2. The van der Waals surface area contributed by atoms with Crippen molar-refractivity contribution in [2.75, 3.05) is 13.2 Å². The summed E-state index contributed by atoms with van der Waals surface area (Å²) in [6.07, 6.45) is -0.494. The van der Waals surface area contributed by atoms with Gasteiger partial charge in [-0.15, -0.1) is 0 Å². The van der Waals surface area contributed by atoms with E-state index in [0.29, 0.717) is 23.7 Å². The lowest BCUT2D eigenvalue weighted by Crippen LogP contribution is -2.72. The maximum Gasteiger partial charge on any atom is 0.258 e. The van der Waals surface area contributed by atoms with Gasteiger partial charge in [0.15, 0.2) is 0 Å². The Morgan fingerprint density at radius 3 is 2.64 bits per heavy atom. The number of hydrogen-bond donors (Lipinski definition) is 4. The molecule has 7 nitrogen and oxygen atoms in total. The number of fused-ring (bicyclic) bond motifs is 1. The predicted octanol–water partition coefficient (Wildman–Crippen LogP) is 2.93. The fourth-order valence-corrected chi connectivity index (χ4v) is 5.88. The highest BCUT2D eigenvalue weighted by atomic mass is 19.1. The maximum absolute atomic E-state index is 13.0. The molecule has 2 aromatic carbocycles. The zero-order chi connectivity index (χ0) is 23.5. The summed E-state index contributed by atoms with van der Waals surface area (Å²) < 4.78 is 24.6. The zero-order valence-electron chi connectivity index (χ0n) is 18.5. The fraction of sp³-hybridized carbons (Fsp3) is 0.480. The number of rotatable bonds is 5. The van der Waals surface area contributed by atoms with Crippen molar-refractivity contribution in [3.63, 3.8) is 0 Å². The van der Waals surface area contributed by atoms with Gasteiger partial charge < -0.3 is 30.1 Å². The number of nitrogens with one attached hydrogen (secondary N) is 1. The summed E-state index contributed by atoms with van der Waals surface area (Å²) in [5.74, 6) is -0.404. The molecule has 3 aliphatic carbocycles. The largest absolute Gasteiger partial charge is 0.507 e. The number of hydrogen-bond acceptors (Lipinski definition) is 6. The minimum atomic E-state index is -1.45. The second-order valence-electron chi connectivity index (χ2n) is 9.87. The van der Waals surface area contributed by atoms with Crippen molar-refractivity contribution in [3.05, 3.63) is 53.3 Å². The van der Waals surface area contributed by atoms with Crippen LogP contribution < -0.4 is 14.8 Å². The van der Waals surface area contributed by atoms with E-state index in [1.54, 1.807) is 0 Å². The van der Waals surface area contributed by atoms with E-state index in [-0.39, 0.29) is 47.4 Å². The number of phenolic OH excluding ortho intramolecular Hbond substituents is 1. The topological polar surface area (TPSA) is 108 Å². The second kappa shape index (κ2) is 7.60. The molecule has 8 heteroatoms. The summed E-state index contributed by atoms with van der Waals surface area (Å²) >= 11 is 0. The molecule has 0 spiro atoms. The Labute approximate surface area is 191 Å². The number of ether oxygens (including phenoxy) is 2. The third-order valence-corrected chi connectivity index (χ3v) is 7.90. The van der Waals surface area contributed by atoms with E-state index in [4.69, 9.17) is 9.47 Å². The van der Waals surface area contributed by atoms with Crippen LogP contribution in [-0.4, -0.2) is 46.1 Å². The number of halogens is 1. The average Bonchev–Trinajstić information content (AvgIpc) is 2.78. The number of amides is 1. The van der Waals surface area contributed by atoms with Gasteiger partial charge in [0.25, 0.3) is 5.91 Å². The quantitative estimate of drug-likeness (QED) is 0.514. The number of aliphatic hydroxyl groups is 2. The summed E-state index contributed by atoms with van der Waals surface area (Å²) in [6.45, 7) is 4.48. The first-order valence-corrected chi connectivity index (χ1v) is 11.2. The summed E-state index contributed by atoms with van der Waals surface area (Å²) in [5, 5.41) is 35.9. The van der Waals surface area contributed by atoms with Crippen LogP contribution in [-0.2, 0) is 0 Å². The van der Waals surface area contributed by atoms with Crippen LogP contribution >= 0.6 is 0 Å². The first kappa shape index (κ1) is 22.0. The SMILES string of the molecule is CC1(C)[C@@H]2C[C@H]1[C@@]1(O)[C@@H](C2)Oc2c(ccc(O)c2C(=O)NCCOc2ccc(F)cc2)[C@@H]1O.